The normalized spacial score (nSPS) is 10.9. The zero-order valence-corrected chi connectivity index (χ0v) is 18.7. The highest BCUT2D eigenvalue weighted by molar-refractivity contribution is 5.38. The summed E-state index contributed by atoms with van der Waals surface area (Å²) in [7, 11) is 3.47. The first-order valence-electron chi connectivity index (χ1n) is 11.2. The summed E-state index contributed by atoms with van der Waals surface area (Å²) >= 11 is 0. The van der Waals surface area contributed by atoms with Gasteiger partial charge < -0.3 is 19.7 Å². The Kier molecular flexibility index (Phi) is 11.3. The molecule has 4 heteroatoms. The molecule has 0 atom stereocenters. The van der Waals surface area contributed by atoms with Crippen LogP contribution in [0.4, 0.5) is 0 Å². The zero-order chi connectivity index (χ0) is 21.6. The molecule has 0 saturated carbocycles. The van der Waals surface area contributed by atoms with Gasteiger partial charge in [0, 0.05) is 13.2 Å². The fourth-order valence-corrected chi connectivity index (χ4v) is 3.88. The van der Waals surface area contributed by atoms with Crippen LogP contribution in [-0.2, 0) is 25.7 Å². The molecule has 2 aromatic carbocycles. The van der Waals surface area contributed by atoms with E-state index in [-0.39, 0.29) is 13.2 Å². The fourth-order valence-electron chi connectivity index (χ4n) is 3.88. The third-order valence-corrected chi connectivity index (χ3v) is 5.58. The summed E-state index contributed by atoms with van der Waals surface area (Å²) in [5.74, 6) is 1.92. The van der Waals surface area contributed by atoms with Gasteiger partial charge in [0.2, 0.25) is 0 Å². The smallest absolute Gasteiger partial charge is 0.122 e. The van der Waals surface area contributed by atoms with E-state index in [1.54, 1.807) is 14.2 Å². The molecular formula is C26H38O4. The van der Waals surface area contributed by atoms with Crippen LogP contribution >= 0.6 is 0 Å². The lowest BCUT2D eigenvalue weighted by Crippen LogP contribution is -1.98. The van der Waals surface area contributed by atoms with E-state index in [2.05, 4.69) is 36.4 Å². The molecule has 0 unspecified atom stereocenters. The molecule has 0 aliphatic heterocycles. The number of aliphatic hydroxyl groups is 2. The maximum Gasteiger partial charge on any atom is 0.122 e. The molecule has 2 rings (SSSR count). The Hall–Kier alpha value is -2.04. The average Bonchev–Trinajstić information content (AvgIpc) is 2.77. The second-order valence-corrected chi connectivity index (χ2v) is 7.86. The lowest BCUT2D eigenvalue weighted by Gasteiger charge is -2.13. The zero-order valence-electron chi connectivity index (χ0n) is 18.7. The molecule has 0 spiro atoms. The minimum Gasteiger partial charge on any atom is -0.496 e. The van der Waals surface area contributed by atoms with Crippen molar-refractivity contribution in [2.45, 2.75) is 64.2 Å². The monoisotopic (exact) mass is 414 g/mol. The number of rotatable bonds is 15. The van der Waals surface area contributed by atoms with E-state index in [4.69, 9.17) is 19.7 Å². The summed E-state index contributed by atoms with van der Waals surface area (Å²) in [4.78, 5) is 0. The van der Waals surface area contributed by atoms with Crippen molar-refractivity contribution in [1.82, 2.24) is 0 Å². The average molecular weight is 415 g/mol. The molecule has 30 heavy (non-hydrogen) atoms. The highest BCUT2D eigenvalue weighted by atomic mass is 16.5. The minimum absolute atomic E-state index is 0.259. The summed E-state index contributed by atoms with van der Waals surface area (Å²) in [5, 5.41) is 18.0. The standard InChI is InChI=1S/C26H38O4/c1-29-25-15-13-21(9-5-7-17-27)19-23(25)11-3-4-12-24-20-22(10-6-8-18-28)14-16-26(24)30-2/h13-16,19-20,27-28H,3-12,17-18H2,1-2H3. The van der Waals surface area contributed by atoms with Gasteiger partial charge in [-0.05, 0) is 98.6 Å². The Bertz CT molecular complexity index is 678. The predicted molar refractivity (Wildman–Crippen MR) is 123 cm³/mol. The van der Waals surface area contributed by atoms with Crippen LogP contribution in [0.25, 0.3) is 0 Å². The third-order valence-electron chi connectivity index (χ3n) is 5.58. The van der Waals surface area contributed by atoms with Gasteiger partial charge in [-0.2, -0.15) is 0 Å². The first kappa shape index (κ1) is 24.2. The SMILES string of the molecule is COc1ccc(CCCCO)cc1CCCCc1cc(CCCCO)ccc1OC. The largest absolute Gasteiger partial charge is 0.496 e. The number of benzene rings is 2. The first-order valence-corrected chi connectivity index (χ1v) is 11.2. The topological polar surface area (TPSA) is 58.9 Å². The van der Waals surface area contributed by atoms with Gasteiger partial charge in [-0.3, -0.25) is 0 Å². The molecule has 0 aliphatic carbocycles. The van der Waals surface area contributed by atoms with E-state index < -0.39 is 0 Å². The number of hydrogen-bond donors (Lipinski definition) is 2. The second-order valence-electron chi connectivity index (χ2n) is 7.86. The van der Waals surface area contributed by atoms with Gasteiger partial charge in [-0.1, -0.05) is 24.3 Å². The summed E-state index contributed by atoms with van der Waals surface area (Å²) in [5.41, 5.74) is 5.17. The van der Waals surface area contributed by atoms with Crippen molar-refractivity contribution in [2.75, 3.05) is 27.4 Å². The Morgan fingerprint density at radius 3 is 1.33 bits per heavy atom. The highest BCUT2D eigenvalue weighted by Gasteiger charge is 2.08. The number of methoxy groups -OCH3 is 2. The van der Waals surface area contributed by atoms with E-state index in [9.17, 15) is 0 Å². The van der Waals surface area contributed by atoms with Crippen molar-refractivity contribution < 1.29 is 19.7 Å². The minimum atomic E-state index is 0.259. The van der Waals surface area contributed by atoms with Gasteiger partial charge in [0.25, 0.3) is 0 Å². The van der Waals surface area contributed by atoms with Gasteiger partial charge in [0.1, 0.15) is 11.5 Å². The molecule has 0 fully saturated rings. The van der Waals surface area contributed by atoms with Gasteiger partial charge in [0.15, 0.2) is 0 Å². The summed E-state index contributed by atoms with van der Waals surface area (Å²) in [6.07, 6.45) is 9.89. The second kappa shape index (κ2) is 14.1. The lowest BCUT2D eigenvalue weighted by molar-refractivity contribution is 0.284. The van der Waals surface area contributed by atoms with Crippen molar-refractivity contribution >= 4 is 0 Å². The van der Waals surface area contributed by atoms with E-state index in [0.29, 0.717) is 0 Å². The molecule has 166 valence electrons. The van der Waals surface area contributed by atoms with Crippen LogP contribution in [0.15, 0.2) is 36.4 Å². The van der Waals surface area contributed by atoms with E-state index >= 15 is 0 Å². The molecule has 0 saturated heterocycles. The summed E-state index contributed by atoms with van der Waals surface area (Å²) < 4.78 is 11.1. The molecule has 0 amide bonds. The number of unbranched alkanes of at least 4 members (excludes halogenated alkanes) is 3. The Morgan fingerprint density at radius 1 is 0.567 bits per heavy atom. The van der Waals surface area contributed by atoms with E-state index in [1.807, 2.05) is 0 Å². The van der Waals surface area contributed by atoms with Crippen LogP contribution in [0, 0.1) is 0 Å². The molecule has 0 radical (unpaired) electrons. The predicted octanol–water partition coefficient (Wildman–Crippen LogP) is 4.90. The lowest BCUT2D eigenvalue weighted by atomic mass is 9.98. The highest BCUT2D eigenvalue weighted by Crippen LogP contribution is 2.26. The molecule has 0 bridgehead atoms. The molecule has 0 aromatic heterocycles. The number of hydrogen-bond acceptors (Lipinski definition) is 4. The molecule has 2 aromatic rings. The Labute approximate surface area is 181 Å². The number of aryl methyl sites for hydroxylation is 4. The fraction of sp³-hybridized carbons (Fsp3) is 0.538. The summed E-state index contributed by atoms with van der Waals surface area (Å²) in [6, 6.07) is 12.9. The quantitative estimate of drug-likeness (QED) is 0.407. The maximum atomic E-state index is 8.99. The van der Waals surface area contributed by atoms with Crippen molar-refractivity contribution in [3.8, 4) is 11.5 Å². The molecule has 4 nitrogen and oxygen atoms in total. The van der Waals surface area contributed by atoms with Gasteiger partial charge in [-0.15, -0.1) is 0 Å². The molecule has 0 heterocycles. The Balaban J connectivity index is 1.92. The van der Waals surface area contributed by atoms with Crippen LogP contribution < -0.4 is 9.47 Å². The first-order chi connectivity index (χ1) is 14.7. The van der Waals surface area contributed by atoms with Crippen molar-refractivity contribution in [2.24, 2.45) is 0 Å². The van der Waals surface area contributed by atoms with E-state index in [1.165, 1.54) is 22.3 Å². The van der Waals surface area contributed by atoms with Crippen LogP contribution in [0.3, 0.4) is 0 Å². The molecule has 2 N–H and O–H groups in total. The van der Waals surface area contributed by atoms with Gasteiger partial charge >= 0.3 is 0 Å². The van der Waals surface area contributed by atoms with Crippen molar-refractivity contribution in [1.29, 1.82) is 0 Å². The number of aliphatic hydroxyl groups excluding tert-OH is 2. The summed E-state index contributed by atoms with van der Waals surface area (Å²) in [6.45, 7) is 0.518. The van der Waals surface area contributed by atoms with Crippen LogP contribution in [0.5, 0.6) is 11.5 Å². The number of ether oxygens (including phenoxy) is 2. The van der Waals surface area contributed by atoms with Gasteiger partial charge in [-0.25, -0.2) is 0 Å². The van der Waals surface area contributed by atoms with Crippen molar-refractivity contribution in [3.05, 3.63) is 58.7 Å². The Morgan fingerprint density at radius 2 is 0.967 bits per heavy atom. The van der Waals surface area contributed by atoms with Crippen molar-refractivity contribution in [3.63, 3.8) is 0 Å². The van der Waals surface area contributed by atoms with Gasteiger partial charge in [0.05, 0.1) is 14.2 Å². The third kappa shape index (κ3) is 8.00. The van der Waals surface area contributed by atoms with Crippen LogP contribution in [-0.4, -0.2) is 37.6 Å². The molecule has 0 aliphatic rings. The molecular weight excluding hydrogens is 376 g/mol. The van der Waals surface area contributed by atoms with Crippen LogP contribution in [0.1, 0.15) is 60.8 Å². The van der Waals surface area contributed by atoms with Crippen LogP contribution in [0.2, 0.25) is 0 Å². The maximum absolute atomic E-state index is 8.99. The van der Waals surface area contributed by atoms with E-state index in [0.717, 1.165) is 75.7 Å².